The summed E-state index contributed by atoms with van der Waals surface area (Å²) >= 11 is 0. The fourth-order valence-corrected chi connectivity index (χ4v) is 9.56. The fraction of sp³-hybridized carbons (Fsp3) is 0.137. The van der Waals surface area contributed by atoms with Gasteiger partial charge in [-0.25, -0.2) is 35.9 Å². The normalized spacial score (nSPS) is 12.2. The molecule has 0 aliphatic heterocycles. The highest BCUT2D eigenvalue weighted by Gasteiger charge is 2.31. The number of carbonyl (C=O) groups excluding carboxylic acids is 4. The Kier molecular flexibility index (Phi) is 14.9. The van der Waals surface area contributed by atoms with Crippen LogP contribution in [0.2, 0.25) is 0 Å². The molecule has 0 saturated carbocycles. The summed E-state index contributed by atoms with van der Waals surface area (Å²) in [5.74, 6) is -0.690. The summed E-state index contributed by atoms with van der Waals surface area (Å²) in [6, 6.07) is 44.1. The number of hydrogen-bond acceptors (Lipinski definition) is 9. The van der Waals surface area contributed by atoms with Crippen LogP contribution in [0.3, 0.4) is 0 Å². The molecule has 15 nitrogen and oxygen atoms in total. The van der Waals surface area contributed by atoms with Crippen LogP contribution in [0.4, 0.5) is 21.0 Å². The number of carbonyl (C=O) groups is 4. The van der Waals surface area contributed by atoms with E-state index in [4.69, 9.17) is 4.74 Å². The highest BCUT2D eigenvalue weighted by Crippen LogP contribution is 2.30. The Labute approximate surface area is 394 Å². The molecule has 0 aliphatic rings. The topological polar surface area (TPSA) is 200 Å². The second kappa shape index (κ2) is 21.1. The van der Waals surface area contributed by atoms with Gasteiger partial charge in [0.25, 0.3) is 20.0 Å². The second-order valence-corrected chi connectivity index (χ2v) is 19.0. The van der Waals surface area contributed by atoms with E-state index in [1.54, 1.807) is 92.0 Å². The summed E-state index contributed by atoms with van der Waals surface area (Å²) in [7, 11) is -4.24. The van der Waals surface area contributed by atoms with Gasteiger partial charge in [0.15, 0.2) is 0 Å². The molecular formula is C51H48N6O9S2. The number of anilines is 2. The van der Waals surface area contributed by atoms with Crippen LogP contribution in [0.25, 0.3) is 21.9 Å². The lowest BCUT2D eigenvalue weighted by molar-refractivity contribution is -0.120. The van der Waals surface area contributed by atoms with Crippen molar-refractivity contribution in [3.63, 3.8) is 0 Å². The lowest BCUT2D eigenvalue weighted by Gasteiger charge is -2.26. The van der Waals surface area contributed by atoms with Crippen molar-refractivity contribution in [3.05, 3.63) is 187 Å². The quantitative estimate of drug-likeness (QED) is 0.0785. The molecule has 0 fully saturated rings. The van der Waals surface area contributed by atoms with Crippen LogP contribution in [-0.2, 0) is 42.5 Å². The smallest absolute Gasteiger partial charge is 0.329 e. The Balaban J connectivity index is 1.10. The predicted octanol–water partition coefficient (Wildman–Crippen LogP) is 7.04. The van der Waals surface area contributed by atoms with Gasteiger partial charge in [0.2, 0.25) is 11.8 Å². The molecule has 68 heavy (non-hydrogen) atoms. The lowest BCUT2D eigenvalue weighted by Crippen LogP contribution is -2.52. The van der Waals surface area contributed by atoms with E-state index < -0.39 is 56.0 Å². The molecule has 17 heteroatoms. The number of rotatable bonds is 16. The first-order valence-corrected chi connectivity index (χ1v) is 24.2. The van der Waals surface area contributed by atoms with E-state index in [0.29, 0.717) is 33.8 Å². The molecule has 0 radical (unpaired) electrons. The van der Waals surface area contributed by atoms with E-state index in [-0.39, 0.29) is 22.6 Å². The number of ether oxygens (including phenoxy) is 1. The fourth-order valence-electron chi connectivity index (χ4n) is 7.71. The third-order valence-corrected chi connectivity index (χ3v) is 13.8. The SMILES string of the molecule is COc1ccccc1N(C)C(=O)C(Cc1ccccc1-c1ccc(S(=O)(=O)NC(=O)NC(Cc2ccccc2)C(=O)N(C)c2cccc3ccccc23)cc1)NC(=O)NS(=O)(=O)c1ccccc1. The zero-order chi connectivity index (χ0) is 48.4. The molecule has 2 atom stereocenters. The van der Waals surface area contributed by atoms with E-state index >= 15 is 0 Å². The number of hydrogen-bond donors (Lipinski definition) is 4. The average Bonchev–Trinajstić information content (AvgIpc) is 3.35. The van der Waals surface area contributed by atoms with Gasteiger partial charge < -0.3 is 25.2 Å². The molecule has 348 valence electrons. The zero-order valence-electron chi connectivity index (χ0n) is 37.2. The highest BCUT2D eigenvalue weighted by molar-refractivity contribution is 7.90. The number of fused-ring (bicyclic) bond motifs is 1. The van der Waals surface area contributed by atoms with Crippen molar-refractivity contribution in [3.8, 4) is 16.9 Å². The number of nitrogens with zero attached hydrogens (tertiary/aromatic N) is 2. The Morgan fingerprint density at radius 1 is 0.515 bits per heavy atom. The summed E-state index contributed by atoms with van der Waals surface area (Å²) in [6.07, 6.45) is -0.0554. The van der Waals surface area contributed by atoms with E-state index in [9.17, 15) is 36.0 Å². The van der Waals surface area contributed by atoms with Gasteiger partial charge in [0.05, 0.1) is 28.3 Å². The Morgan fingerprint density at radius 3 is 1.65 bits per heavy atom. The van der Waals surface area contributed by atoms with Crippen LogP contribution in [0.15, 0.2) is 186 Å². The number of para-hydroxylation sites is 2. The Bertz CT molecular complexity index is 3170. The molecule has 0 heterocycles. The molecule has 0 aromatic heterocycles. The first-order valence-electron chi connectivity index (χ1n) is 21.2. The van der Waals surface area contributed by atoms with Crippen molar-refractivity contribution >= 4 is 66.1 Å². The van der Waals surface area contributed by atoms with Crippen LogP contribution < -0.4 is 34.6 Å². The predicted molar refractivity (Wildman–Crippen MR) is 261 cm³/mol. The minimum atomic E-state index is -4.49. The van der Waals surface area contributed by atoms with Crippen LogP contribution in [0.1, 0.15) is 11.1 Å². The van der Waals surface area contributed by atoms with Crippen LogP contribution >= 0.6 is 0 Å². The number of amides is 6. The molecule has 0 bridgehead atoms. The number of sulfonamides is 2. The van der Waals surface area contributed by atoms with Crippen molar-refractivity contribution in [2.75, 3.05) is 31.0 Å². The second-order valence-electron chi connectivity index (χ2n) is 15.6. The molecular weight excluding hydrogens is 905 g/mol. The standard InChI is InChI=1S/C51H48N6O9S2/c1-56(45-27-16-21-36-19-10-13-25-42(36)45)48(58)43(33-35-17-6-4-7-18-35)52-50(60)55-68(64,65)40-31-29-37(30-32-40)41-24-12-11-20-38(41)34-44(49(59)57(2)46-26-14-15-28-47(46)66-3)53-51(61)54-67(62,63)39-22-8-5-9-23-39/h4-32,43-44H,33-34H2,1-3H3,(H2,52,55,60)(H2,53,54,61). The summed E-state index contributed by atoms with van der Waals surface area (Å²) in [4.78, 5) is 57.6. The molecule has 2 unspecified atom stereocenters. The van der Waals surface area contributed by atoms with E-state index in [1.807, 2.05) is 51.9 Å². The van der Waals surface area contributed by atoms with Crippen molar-refractivity contribution in [2.24, 2.45) is 0 Å². The molecule has 0 aliphatic carbocycles. The van der Waals surface area contributed by atoms with Crippen molar-refractivity contribution < 1.29 is 40.8 Å². The van der Waals surface area contributed by atoms with Gasteiger partial charge in [0.1, 0.15) is 17.8 Å². The summed E-state index contributed by atoms with van der Waals surface area (Å²) in [6.45, 7) is 0. The minimum Gasteiger partial charge on any atom is -0.495 e. The third-order valence-electron chi connectivity index (χ3n) is 11.1. The molecule has 7 aromatic rings. The van der Waals surface area contributed by atoms with Crippen LogP contribution in [0, 0.1) is 0 Å². The highest BCUT2D eigenvalue weighted by atomic mass is 32.2. The largest absolute Gasteiger partial charge is 0.495 e. The van der Waals surface area contributed by atoms with E-state index in [1.165, 1.54) is 72.5 Å². The Morgan fingerprint density at radius 2 is 1.00 bits per heavy atom. The zero-order valence-corrected chi connectivity index (χ0v) is 38.8. The maximum atomic E-state index is 14.3. The maximum absolute atomic E-state index is 14.3. The van der Waals surface area contributed by atoms with E-state index in [2.05, 4.69) is 10.6 Å². The van der Waals surface area contributed by atoms with Gasteiger partial charge >= 0.3 is 12.1 Å². The van der Waals surface area contributed by atoms with Gasteiger partial charge in [-0.2, -0.15) is 0 Å². The van der Waals surface area contributed by atoms with Gasteiger partial charge in [-0.05, 0) is 70.1 Å². The molecule has 7 rings (SSSR count). The Hall–Kier alpha value is -8.02. The lowest BCUT2D eigenvalue weighted by atomic mass is 9.94. The molecule has 6 amide bonds. The molecule has 7 aromatic carbocycles. The van der Waals surface area contributed by atoms with Crippen LogP contribution in [-0.4, -0.2) is 74.0 Å². The first-order chi connectivity index (χ1) is 32.6. The summed E-state index contributed by atoms with van der Waals surface area (Å²) in [5.41, 5.74) is 3.38. The first kappa shape index (κ1) is 47.9. The summed E-state index contributed by atoms with van der Waals surface area (Å²) < 4.78 is 63.0. The number of urea groups is 2. The average molecular weight is 953 g/mol. The number of benzene rings is 7. The van der Waals surface area contributed by atoms with Crippen molar-refractivity contribution in [1.82, 2.24) is 20.1 Å². The number of methoxy groups -OCH3 is 1. The van der Waals surface area contributed by atoms with E-state index in [0.717, 1.165) is 16.3 Å². The summed E-state index contributed by atoms with van der Waals surface area (Å²) in [5, 5.41) is 6.88. The van der Waals surface area contributed by atoms with Gasteiger partial charge in [-0.3, -0.25) is 9.59 Å². The molecule has 4 N–H and O–H groups in total. The maximum Gasteiger partial charge on any atom is 0.329 e. The van der Waals surface area contributed by atoms with Gasteiger partial charge in [0, 0.05) is 32.3 Å². The third kappa shape index (κ3) is 11.3. The molecule has 0 saturated heterocycles. The minimum absolute atomic E-state index is 0.0759. The molecule has 0 spiro atoms. The van der Waals surface area contributed by atoms with Crippen molar-refractivity contribution in [1.29, 1.82) is 0 Å². The van der Waals surface area contributed by atoms with Gasteiger partial charge in [-0.15, -0.1) is 0 Å². The monoisotopic (exact) mass is 952 g/mol. The number of likely N-dealkylation sites (N-methyl/N-ethyl adjacent to an activating group) is 2. The van der Waals surface area contributed by atoms with Crippen molar-refractivity contribution in [2.45, 2.75) is 34.7 Å². The number of nitrogens with one attached hydrogen (secondary N) is 4. The van der Waals surface area contributed by atoms with Crippen LogP contribution in [0.5, 0.6) is 5.75 Å². The van der Waals surface area contributed by atoms with Gasteiger partial charge in [-0.1, -0.05) is 133 Å².